The third-order valence-electron chi connectivity index (χ3n) is 4.74. The number of amides is 2. The standard InChI is InChI=1S/C24H21N3O4S2/c1-31-20-9-5-8-19(14-20)25-24(28)26-23-15-21(10-11-22(23)17-12-13-32-16-17)33(29,30)27-18-6-3-2-4-7-18/h2-16,27H,1H3,(H2,25,26,28). The molecule has 0 fully saturated rings. The summed E-state index contributed by atoms with van der Waals surface area (Å²) in [5.74, 6) is 0.604. The van der Waals surface area contributed by atoms with Gasteiger partial charge in [0, 0.05) is 23.0 Å². The van der Waals surface area contributed by atoms with E-state index in [1.54, 1.807) is 67.8 Å². The maximum Gasteiger partial charge on any atom is 0.323 e. The summed E-state index contributed by atoms with van der Waals surface area (Å²) >= 11 is 1.51. The highest BCUT2D eigenvalue weighted by Gasteiger charge is 2.18. The summed E-state index contributed by atoms with van der Waals surface area (Å²) in [6.45, 7) is 0. The van der Waals surface area contributed by atoms with Crippen LogP contribution in [0.1, 0.15) is 0 Å². The minimum atomic E-state index is -3.86. The molecule has 0 spiro atoms. The number of nitrogens with one attached hydrogen (secondary N) is 3. The smallest absolute Gasteiger partial charge is 0.323 e. The Hall–Kier alpha value is -3.82. The number of urea groups is 1. The molecule has 1 aromatic heterocycles. The van der Waals surface area contributed by atoms with Crippen LogP contribution in [-0.2, 0) is 10.0 Å². The van der Waals surface area contributed by atoms with E-state index in [0.29, 0.717) is 28.4 Å². The molecule has 4 aromatic rings. The van der Waals surface area contributed by atoms with E-state index in [9.17, 15) is 13.2 Å². The first-order valence-corrected chi connectivity index (χ1v) is 12.3. The summed E-state index contributed by atoms with van der Waals surface area (Å²) in [4.78, 5) is 12.8. The molecule has 9 heteroatoms. The van der Waals surface area contributed by atoms with Crippen LogP contribution >= 0.6 is 11.3 Å². The average molecular weight is 480 g/mol. The number of hydrogen-bond donors (Lipinski definition) is 3. The molecule has 0 bridgehead atoms. The van der Waals surface area contributed by atoms with Gasteiger partial charge in [-0.15, -0.1) is 0 Å². The van der Waals surface area contributed by atoms with E-state index >= 15 is 0 Å². The second-order valence-electron chi connectivity index (χ2n) is 7.00. The summed E-state index contributed by atoms with van der Waals surface area (Å²) in [5.41, 5.74) is 2.93. The van der Waals surface area contributed by atoms with Gasteiger partial charge < -0.3 is 15.4 Å². The maximum absolute atomic E-state index is 12.9. The normalized spacial score (nSPS) is 10.9. The number of benzene rings is 3. The number of para-hydroxylation sites is 1. The third-order valence-corrected chi connectivity index (χ3v) is 6.80. The van der Waals surface area contributed by atoms with Crippen molar-refractivity contribution in [3.05, 3.63) is 89.6 Å². The highest BCUT2D eigenvalue weighted by molar-refractivity contribution is 7.92. The van der Waals surface area contributed by atoms with E-state index in [2.05, 4.69) is 15.4 Å². The molecule has 1 heterocycles. The van der Waals surface area contributed by atoms with Crippen LogP contribution in [0.2, 0.25) is 0 Å². The predicted octanol–water partition coefficient (Wildman–Crippen LogP) is 5.87. The van der Waals surface area contributed by atoms with Gasteiger partial charge in [0.15, 0.2) is 0 Å². The molecule has 3 N–H and O–H groups in total. The van der Waals surface area contributed by atoms with Crippen molar-refractivity contribution >= 4 is 44.5 Å². The number of anilines is 3. The number of ether oxygens (including phenoxy) is 1. The molecule has 168 valence electrons. The van der Waals surface area contributed by atoms with Gasteiger partial charge in [-0.05, 0) is 58.8 Å². The van der Waals surface area contributed by atoms with E-state index < -0.39 is 16.1 Å². The first kappa shape index (κ1) is 22.4. The lowest BCUT2D eigenvalue weighted by molar-refractivity contribution is 0.262. The molecule has 0 aliphatic rings. The maximum atomic E-state index is 12.9. The lowest BCUT2D eigenvalue weighted by Gasteiger charge is -2.15. The number of sulfonamides is 1. The van der Waals surface area contributed by atoms with Gasteiger partial charge in [0.1, 0.15) is 5.75 Å². The SMILES string of the molecule is COc1cccc(NC(=O)Nc2cc(S(=O)(=O)Nc3ccccc3)ccc2-c2ccsc2)c1. The zero-order chi connectivity index (χ0) is 23.3. The summed E-state index contributed by atoms with van der Waals surface area (Å²) in [7, 11) is -2.32. The van der Waals surface area contributed by atoms with Crippen molar-refractivity contribution in [3.63, 3.8) is 0 Å². The second-order valence-corrected chi connectivity index (χ2v) is 9.46. The van der Waals surface area contributed by atoms with Gasteiger partial charge in [-0.1, -0.05) is 30.3 Å². The van der Waals surface area contributed by atoms with E-state index in [4.69, 9.17) is 4.74 Å². The number of hydrogen-bond acceptors (Lipinski definition) is 5. The van der Waals surface area contributed by atoms with Gasteiger partial charge in [0.2, 0.25) is 0 Å². The first-order valence-electron chi connectivity index (χ1n) is 9.91. The number of rotatable bonds is 7. The summed E-state index contributed by atoms with van der Waals surface area (Å²) < 4.78 is 33.6. The molecule has 0 unspecified atom stereocenters. The van der Waals surface area contributed by atoms with Gasteiger partial charge >= 0.3 is 6.03 Å². The monoisotopic (exact) mass is 479 g/mol. The lowest BCUT2D eigenvalue weighted by Crippen LogP contribution is -2.20. The fourth-order valence-corrected chi connectivity index (χ4v) is 4.91. The largest absolute Gasteiger partial charge is 0.497 e. The Morgan fingerprint density at radius 1 is 0.879 bits per heavy atom. The van der Waals surface area contributed by atoms with Crippen LogP contribution in [0.3, 0.4) is 0 Å². The number of thiophene rings is 1. The van der Waals surface area contributed by atoms with E-state index in [1.807, 2.05) is 16.8 Å². The zero-order valence-corrected chi connectivity index (χ0v) is 19.2. The second kappa shape index (κ2) is 9.76. The molecule has 2 amide bonds. The molecule has 0 aliphatic carbocycles. The van der Waals surface area contributed by atoms with Crippen LogP contribution in [0.5, 0.6) is 5.75 Å². The fourth-order valence-electron chi connectivity index (χ4n) is 3.17. The van der Waals surface area contributed by atoms with Crippen molar-refractivity contribution in [3.8, 4) is 16.9 Å². The highest BCUT2D eigenvalue weighted by Crippen LogP contribution is 2.32. The minimum Gasteiger partial charge on any atom is -0.497 e. The predicted molar refractivity (Wildman–Crippen MR) is 133 cm³/mol. The molecule has 0 aliphatic heterocycles. The molecule has 33 heavy (non-hydrogen) atoms. The lowest BCUT2D eigenvalue weighted by atomic mass is 10.1. The Labute approximate surface area is 196 Å². The Bertz CT molecular complexity index is 1360. The topological polar surface area (TPSA) is 96.5 Å². The summed E-state index contributed by atoms with van der Waals surface area (Å²) in [5, 5.41) is 9.37. The van der Waals surface area contributed by atoms with Crippen molar-refractivity contribution < 1.29 is 17.9 Å². The molecular formula is C24H21N3O4S2. The molecular weight excluding hydrogens is 458 g/mol. The Balaban J connectivity index is 1.63. The number of carbonyl (C=O) groups is 1. The first-order chi connectivity index (χ1) is 15.9. The Morgan fingerprint density at radius 3 is 2.39 bits per heavy atom. The zero-order valence-electron chi connectivity index (χ0n) is 17.6. The van der Waals surface area contributed by atoms with Crippen molar-refractivity contribution in [2.75, 3.05) is 22.5 Å². The van der Waals surface area contributed by atoms with Crippen LogP contribution in [0, 0.1) is 0 Å². The summed E-state index contributed by atoms with van der Waals surface area (Å²) in [6.07, 6.45) is 0. The van der Waals surface area contributed by atoms with Crippen molar-refractivity contribution in [1.29, 1.82) is 0 Å². The van der Waals surface area contributed by atoms with Crippen molar-refractivity contribution in [1.82, 2.24) is 0 Å². The van der Waals surface area contributed by atoms with Crippen LogP contribution in [0.4, 0.5) is 21.9 Å². The molecule has 0 saturated carbocycles. The highest BCUT2D eigenvalue weighted by atomic mass is 32.2. The molecule has 7 nitrogen and oxygen atoms in total. The van der Waals surface area contributed by atoms with E-state index in [0.717, 1.165) is 5.56 Å². The van der Waals surface area contributed by atoms with Crippen molar-refractivity contribution in [2.24, 2.45) is 0 Å². The average Bonchev–Trinajstić information content (AvgIpc) is 3.34. The van der Waals surface area contributed by atoms with E-state index in [1.165, 1.54) is 23.5 Å². The van der Waals surface area contributed by atoms with Crippen LogP contribution in [0.25, 0.3) is 11.1 Å². The van der Waals surface area contributed by atoms with Crippen molar-refractivity contribution in [2.45, 2.75) is 4.90 Å². The fraction of sp³-hybridized carbons (Fsp3) is 0.0417. The van der Waals surface area contributed by atoms with Crippen LogP contribution in [0.15, 0.2) is 94.5 Å². The molecule has 3 aromatic carbocycles. The van der Waals surface area contributed by atoms with Gasteiger partial charge in [-0.3, -0.25) is 4.72 Å². The number of carbonyl (C=O) groups excluding carboxylic acids is 1. The van der Waals surface area contributed by atoms with Gasteiger partial charge in [-0.2, -0.15) is 11.3 Å². The molecule has 4 rings (SSSR count). The molecule has 0 saturated heterocycles. The summed E-state index contributed by atoms with van der Waals surface area (Å²) in [6, 6.07) is 21.6. The molecule has 0 atom stereocenters. The Kier molecular flexibility index (Phi) is 6.62. The van der Waals surface area contributed by atoms with Gasteiger partial charge in [0.05, 0.1) is 17.7 Å². The van der Waals surface area contributed by atoms with Crippen LogP contribution < -0.4 is 20.1 Å². The van der Waals surface area contributed by atoms with E-state index in [-0.39, 0.29) is 4.90 Å². The minimum absolute atomic E-state index is 0.0296. The third kappa shape index (κ3) is 5.51. The van der Waals surface area contributed by atoms with Crippen LogP contribution in [-0.4, -0.2) is 21.6 Å². The molecule has 0 radical (unpaired) electrons. The Morgan fingerprint density at radius 2 is 1.67 bits per heavy atom. The van der Waals surface area contributed by atoms with Gasteiger partial charge in [0.25, 0.3) is 10.0 Å². The quantitative estimate of drug-likeness (QED) is 0.309. The van der Waals surface area contributed by atoms with Gasteiger partial charge in [-0.25, -0.2) is 13.2 Å². The number of methoxy groups -OCH3 is 1.